The zero-order valence-corrected chi connectivity index (χ0v) is 5.13. The highest BCUT2D eigenvalue weighted by Crippen LogP contribution is 1.96. The lowest BCUT2D eigenvalue weighted by Crippen LogP contribution is -1.57. The topological polar surface area (TPSA) is 8.72 Å². The van der Waals surface area contributed by atoms with Crippen LogP contribution in [0.2, 0.25) is 0 Å². The van der Waals surface area contributed by atoms with Gasteiger partial charge in [0.25, 0.3) is 0 Å². The molecule has 0 atom stereocenters. The smallest absolute Gasteiger partial charge is 0.154 e. The maximum Gasteiger partial charge on any atom is 0.519 e. The van der Waals surface area contributed by atoms with E-state index >= 15 is 0 Å². The van der Waals surface area contributed by atoms with Crippen LogP contribution in [0, 0.1) is 13.1 Å². The number of hydrogen-bond acceptors (Lipinski definition) is 0. The first-order valence-corrected chi connectivity index (χ1v) is 2.43. The highest BCUT2D eigenvalue weighted by atomic mass is 14.9. The molecule has 0 aromatic carbocycles. The van der Waals surface area contributed by atoms with E-state index in [1.807, 2.05) is 6.92 Å². The van der Waals surface area contributed by atoms with Crippen molar-refractivity contribution in [3.8, 4) is 0 Å². The number of hydrogen-bond donors (Lipinski definition) is 0. The molecular weight excluding hydrogens is 112 g/mol. The summed E-state index contributed by atoms with van der Waals surface area (Å²) in [6.07, 6.45) is 4.93. The van der Waals surface area contributed by atoms with Gasteiger partial charge in [-0.3, -0.25) is 0 Å². The monoisotopic (exact) mass is 118 g/mol. The Bertz CT molecular complexity index is 194. The van der Waals surface area contributed by atoms with Gasteiger partial charge in [-0.15, -0.1) is 0 Å². The van der Waals surface area contributed by atoms with Crippen LogP contribution in [0.15, 0.2) is 24.0 Å². The molecule has 0 aromatic rings. The van der Waals surface area contributed by atoms with Crippen LogP contribution in [-0.2, 0) is 0 Å². The van der Waals surface area contributed by atoms with Crippen molar-refractivity contribution in [2.75, 3.05) is 0 Å². The quantitative estimate of drug-likeness (QED) is 0.369. The lowest BCUT2D eigenvalue weighted by molar-refractivity contribution is 1.66. The highest BCUT2D eigenvalue weighted by Gasteiger charge is 1.95. The second-order valence-corrected chi connectivity index (χ2v) is 1.27. The zero-order chi connectivity index (χ0) is 7.11. The molecule has 0 heterocycles. The Balaban J connectivity index is 4.18. The van der Waals surface area contributed by atoms with E-state index in [-0.39, 0.29) is 5.82 Å². The average molecular weight is 118 g/mol. The van der Waals surface area contributed by atoms with Crippen molar-refractivity contribution in [2.24, 2.45) is 0 Å². The van der Waals surface area contributed by atoms with E-state index in [0.717, 1.165) is 0 Å². The van der Waals surface area contributed by atoms with Crippen molar-refractivity contribution in [2.45, 2.75) is 6.92 Å². The van der Waals surface area contributed by atoms with E-state index in [1.165, 1.54) is 6.08 Å². The minimum absolute atomic E-state index is 0.105. The molecule has 0 saturated heterocycles. The van der Waals surface area contributed by atoms with Gasteiger partial charge in [-0.05, 0) is 6.92 Å². The molecule has 0 aliphatic carbocycles. The first-order valence-electron chi connectivity index (χ1n) is 2.43. The third-order valence-electron chi connectivity index (χ3n) is 0.667. The summed E-state index contributed by atoms with van der Waals surface area (Å²) < 4.78 is 0. The predicted molar refractivity (Wildman–Crippen MR) is 36.1 cm³/mol. The minimum Gasteiger partial charge on any atom is -0.154 e. The molecule has 9 heavy (non-hydrogen) atoms. The maximum absolute atomic E-state index is 6.45. The van der Waals surface area contributed by atoms with Crippen molar-refractivity contribution in [3.63, 3.8) is 0 Å². The van der Waals surface area contributed by atoms with Gasteiger partial charge in [0.2, 0.25) is 0 Å². The van der Waals surface area contributed by atoms with E-state index in [2.05, 4.69) is 9.69 Å². The van der Waals surface area contributed by atoms with E-state index in [4.69, 9.17) is 13.1 Å². The van der Waals surface area contributed by atoms with Gasteiger partial charge in [-0.25, -0.2) is 0 Å². The molecule has 0 radical (unpaired) electrons. The third-order valence-corrected chi connectivity index (χ3v) is 0.667. The van der Waals surface area contributed by atoms with Gasteiger partial charge in [0, 0.05) is 6.08 Å². The van der Waals surface area contributed by atoms with Crippen LogP contribution in [-0.4, -0.2) is 0 Å². The summed E-state index contributed by atoms with van der Waals surface area (Å²) >= 11 is 0. The molecule has 0 unspecified atom stereocenters. The third kappa shape index (κ3) is 3.08. The van der Waals surface area contributed by atoms with Crippen molar-refractivity contribution in [3.05, 3.63) is 46.9 Å². The number of allylic oxidation sites excluding steroid dienone is 3. The molecule has 0 aliphatic rings. The SMILES string of the molecule is [C-]#[N+]C(=C/C=C/C)[N+]#[C-]. The minimum atomic E-state index is 0.105. The Kier molecular flexibility index (Phi) is 3.83. The summed E-state index contributed by atoms with van der Waals surface area (Å²) in [6.45, 7) is 14.7. The maximum atomic E-state index is 6.45. The molecule has 0 aromatic heterocycles. The van der Waals surface area contributed by atoms with Gasteiger partial charge < -0.3 is 0 Å². The van der Waals surface area contributed by atoms with Crippen molar-refractivity contribution >= 4 is 0 Å². The van der Waals surface area contributed by atoms with E-state index in [0.29, 0.717) is 0 Å². The van der Waals surface area contributed by atoms with E-state index in [1.54, 1.807) is 12.2 Å². The molecular formula is C7H6N2. The molecule has 2 heteroatoms. The number of nitrogens with zero attached hydrogens (tertiary/aromatic N) is 2. The average Bonchev–Trinajstić information content (AvgIpc) is 1.91. The van der Waals surface area contributed by atoms with Crippen molar-refractivity contribution < 1.29 is 0 Å². The number of rotatable bonds is 1. The fourth-order valence-corrected chi connectivity index (χ4v) is 0.282. The Morgan fingerprint density at radius 1 is 1.33 bits per heavy atom. The first-order chi connectivity index (χ1) is 4.35. The summed E-state index contributed by atoms with van der Waals surface area (Å²) in [5, 5.41) is 0. The van der Waals surface area contributed by atoms with Crippen LogP contribution in [0.3, 0.4) is 0 Å². The van der Waals surface area contributed by atoms with Gasteiger partial charge >= 0.3 is 5.82 Å². The van der Waals surface area contributed by atoms with Gasteiger partial charge in [0.05, 0.1) is 0 Å². The second-order valence-electron chi connectivity index (χ2n) is 1.27. The van der Waals surface area contributed by atoms with Crippen LogP contribution in [0.25, 0.3) is 9.69 Å². The van der Waals surface area contributed by atoms with Crippen LogP contribution >= 0.6 is 0 Å². The van der Waals surface area contributed by atoms with Gasteiger partial charge in [0.15, 0.2) is 0 Å². The van der Waals surface area contributed by atoms with Crippen LogP contribution in [0.1, 0.15) is 6.92 Å². The molecule has 0 aliphatic heterocycles. The fraction of sp³-hybridized carbons (Fsp3) is 0.143. The van der Waals surface area contributed by atoms with Crippen LogP contribution in [0.4, 0.5) is 0 Å². The normalized spacial score (nSPS) is 7.89. The second kappa shape index (κ2) is 4.61. The fourth-order valence-electron chi connectivity index (χ4n) is 0.282. The Labute approximate surface area is 54.8 Å². The van der Waals surface area contributed by atoms with Gasteiger partial charge in [-0.2, -0.15) is 9.69 Å². The summed E-state index contributed by atoms with van der Waals surface area (Å²) in [5.41, 5.74) is 0. The standard InChI is InChI=1S/C7H6N2/c1-4-5-6-7(8-2)9-3/h4-6H,1H3/b5-4+. The molecule has 44 valence electrons. The first kappa shape index (κ1) is 7.46. The molecule has 0 amide bonds. The summed E-state index contributed by atoms with van der Waals surface area (Å²) in [6, 6.07) is 0. The Morgan fingerprint density at radius 3 is 2.22 bits per heavy atom. The Morgan fingerprint density at radius 2 is 1.89 bits per heavy atom. The van der Waals surface area contributed by atoms with Gasteiger partial charge in [0.1, 0.15) is 13.1 Å². The highest BCUT2D eigenvalue weighted by molar-refractivity contribution is 5.22. The summed E-state index contributed by atoms with van der Waals surface area (Å²) in [7, 11) is 0. The predicted octanol–water partition coefficient (Wildman–Crippen LogP) is 2.24. The zero-order valence-electron chi connectivity index (χ0n) is 5.13. The molecule has 0 fully saturated rings. The molecule has 0 saturated carbocycles. The van der Waals surface area contributed by atoms with Gasteiger partial charge in [-0.1, -0.05) is 12.2 Å². The lowest BCUT2D eigenvalue weighted by atomic mass is 10.5. The summed E-state index contributed by atoms with van der Waals surface area (Å²) in [4.78, 5) is 5.90. The lowest BCUT2D eigenvalue weighted by Gasteiger charge is -1.66. The molecule has 0 rings (SSSR count). The summed E-state index contributed by atoms with van der Waals surface area (Å²) in [5.74, 6) is 0.105. The molecule has 0 spiro atoms. The molecule has 0 N–H and O–H groups in total. The molecule has 2 nitrogen and oxygen atoms in total. The van der Waals surface area contributed by atoms with E-state index in [9.17, 15) is 0 Å². The van der Waals surface area contributed by atoms with Crippen LogP contribution < -0.4 is 0 Å². The van der Waals surface area contributed by atoms with Crippen molar-refractivity contribution in [1.29, 1.82) is 0 Å². The molecule has 0 bridgehead atoms. The largest absolute Gasteiger partial charge is 0.519 e. The van der Waals surface area contributed by atoms with Crippen LogP contribution in [0.5, 0.6) is 0 Å². The van der Waals surface area contributed by atoms with Crippen molar-refractivity contribution in [1.82, 2.24) is 0 Å². The Hall–Kier alpha value is -1.54. The van der Waals surface area contributed by atoms with E-state index < -0.39 is 0 Å².